The highest BCUT2D eigenvalue weighted by molar-refractivity contribution is 5.99. The van der Waals surface area contributed by atoms with E-state index in [2.05, 4.69) is 0 Å². The Balaban J connectivity index is 2.03. The van der Waals surface area contributed by atoms with E-state index in [0.29, 0.717) is 5.56 Å². The maximum absolute atomic E-state index is 12.6. The quantitative estimate of drug-likeness (QED) is 0.575. The standard InChI is InChI=1S/C23H23NO4/c1-23(2,3)28-22(26)24-15-17(18-10-7-8-12-20(18)24)14-13-16-9-5-6-11-19(16)21(25)27-4/h5-15H,1-4H3/b14-13+. The third kappa shape index (κ3) is 4.14. The topological polar surface area (TPSA) is 57.5 Å². The van der Waals surface area contributed by atoms with Crippen LogP contribution in [-0.2, 0) is 9.47 Å². The van der Waals surface area contributed by atoms with Crippen molar-refractivity contribution in [2.75, 3.05) is 7.11 Å². The number of benzene rings is 2. The minimum atomic E-state index is -0.585. The molecule has 1 aromatic heterocycles. The average molecular weight is 377 g/mol. The van der Waals surface area contributed by atoms with Crippen molar-refractivity contribution >= 4 is 35.1 Å². The number of para-hydroxylation sites is 1. The zero-order valence-corrected chi connectivity index (χ0v) is 16.4. The van der Waals surface area contributed by atoms with Crippen LogP contribution in [0.3, 0.4) is 0 Å². The van der Waals surface area contributed by atoms with E-state index in [-0.39, 0.29) is 0 Å². The van der Waals surface area contributed by atoms with Crippen molar-refractivity contribution in [1.82, 2.24) is 4.57 Å². The number of aromatic nitrogens is 1. The lowest BCUT2D eigenvalue weighted by atomic mass is 10.1. The van der Waals surface area contributed by atoms with Crippen molar-refractivity contribution in [3.05, 3.63) is 71.4 Å². The van der Waals surface area contributed by atoms with Gasteiger partial charge in [-0.3, -0.25) is 4.57 Å². The van der Waals surface area contributed by atoms with Crippen LogP contribution in [0.4, 0.5) is 4.79 Å². The summed E-state index contributed by atoms with van der Waals surface area (Å²) in [5.74, 6) is -0.392. The zero-order chi connectivity index (χ0) is 20.3. The maximum atomic E-state index is 12.6. The molecule has 0 saturated heterocycles. The molecule has 0 amide bonds. The molecule has 0 aliphatic rings. The molecular weight excluding hydrogens is 354 g/mol. The largest absolute Gasteiger partial charge is 0.465 e. The molecule has 0 unspecified atom stereocenters. The SMILES string of the molecule is COC(=O)c1ccccc1/C=C/c1cn(C(=O)OC(C)(C)C)c2ccccc12. The fourth-order valence-corrected chi connectivity index (χ4v) is 2.92. The summed E-state index contributed by atoms with van der Waals surface area (Å²) in [6.07, 6.45) is 5.03. The van der Waals surface area contributed by atoms with E-state index >= 15 is 0 Å². The lowest BCUT2D eigenvalue weighted by molar-refractivity contribution is 0.0542. The Morgan fingerprint density at radius 3 is 2.29 bits per heavy atom. The van der Waals surface area contributed by atoms with E-state index in [4.69, 9.17) is 9.47 Å². The van der Waals surface area contributed by atoms with Crippen molar-refractivity contribution in [2.45, 2.75) is 26.4 Å². The summed E-state index contributed by atoms with van der Waals surface area (Å²) in [6, 6.07) is 14.8. The second-order valence-corrected chi connectivity index (χ2v) is 7.36. The summed E-state index contributed by atoms with van der Waals surface area (Å²) < 4.78 is 11.9. The lowest BCUT2D eigenvalue weighted by Gasteiger charge is -2.19. The monoisotopic (exact) mass is 377 g/mol. The van der Waals surface area contributed by atoms with E-state index in [9.17, 15) is 9.59 Å². The van der Waals surface area contributed by atoms with Gasteiger partial charge in [0.1, 0.15) is 5.60 Å². The molecule has 0 saturated carbocycles. The van der Waals surface area contributed by atoms with Crippen LogP contribution in [0.1, 0.15) is 42.3 Å². The number of carbonyl (C=O) groups is 2. The predicted molar refractivity (Wildman–Crippen MR) is 110 cm³/mol. The summed E-state index contributed by atoms with van der Waals surface area (Å²) in [6.45, 7) is 5.50. The van der Waals surface area contributed by atoms with E-state index in [1.54, 1.807) is 18.3 Å². The van der Waals surface area contributed by atoms with Crippen LogP contribution in [0.5, 0.6) is 0 Å². The highest BCUT2D eigenvalue weighted by Gasteiger charge is 2.20. The summed E-state index contributed by atoms with van der Waals surface area (Å²) in [7, 11) is 1.36. The second-order valence-electron chi connectivity index (χ2n) is 7.36. The number of methoxy groups -OCH3 is 1. The molecule has 5 heteroatoms. The predicted octanol–water partition coefficient (Wildman–Crippen LogP) is 5.38. The third-order valence-corrected chi connectivity index (χ3v) is 4.14. The van der Waals surface area contributed by atoms with Gasteiger partial charge in [-0.2, -0.15) is 0 Å². The summed E-state index contributed by atoms with van der Waals surface area (Å²) in [4.78, 5) is 24.6. The molecule has 1 heterocycles. The van der Waals surface area contributed by atoms with Crippen LogP contribution in [0, 0.1) is 0 Å². The van der Waals surface area contributed by atoms with Crippen LogP contribution >= 0.6 is 0 Å². The molecule has 0 fully saturated rings. The molecule has 0 radical (unpaired) electrons. The van der Waals surface area contributed by atoms with E-state index in [1.165, 1.54) is 11.7 Å². The van der Waals surface area contributed by atoms with Gasteiger partial charge < -0.3 is 9.47 Å². The normalized spacial score (nSPS) is 11.7. The van der Waals surface area contributed by atoms with Gasteiger partial charge in [-0.05, 0) is 38.5 Å². The van der Waals surface area contributed by atoms with Crippen LogP contribution in [-0.4, -0.2) is 29.3 Å². The molecule has 5 nitrogen and oxygen atoms in total. The number of hydrogen-bond acceptors (Lipinski definition) is 4. The Morgan fingerprint density at radius 1 is 0.929 bits per heavy atom. The van der Waals surface area contributed by atoms with E-state index < -0.39 is 17.7 Å². The Bertz CT molecular complexity index is 1050. The van der Waals surface area contributed by atoms with Crippen LogP contribution in [0.15, 0.2) is 54.7 Å². The first-order valence-electron chi connectivity index (χ1n) is 8.99. The molecule has 0 aliphatic heterocycles. The Morgan fingerprint density at radius 2 is 1.57 bits per heavy atom. The van der Waals surface area contributed by atoms with Crippen molar-refractivity contribution in [2.24, 2.45) is 0 Å². The van der Waals surface area contributed by atoms with Gasteiger partial charge in [0.25, 0.3) is 0 Å². The molecule has 2 aromatic carbocycles. The highest BCUT2D eigenvalue weighted by atomic mass is 16.6. The zero-order valence-electron chi connectivity index (χ0n) is 16.4. The number of esters is 1. The van der Waals surface area contributed by atoms with Gasteiger partial charge in [0.2, 0.25) is 0 Å². The number of rotatable bonds is 3. The van der Waals surface area contributed by atoms with Gasteiger partial charge in [-0.15, -0.1) is 0 Å². The average Bonchev–Trinajstić information content (AvgIpc) is 3.04. The molecule has 144 valence electrons. The van der Waals surface area contributed by atoms with Gasteiger partial charge in [0.05, 0.1) is 18.2 Å². The third-order valence-electron chi connectivity index (χ3n) is 4.14. The summed E-state index contributed by atoms with van der Waals surface area (Å²) >= 11 is 0. The maximum Gasteiger partial charge on any atom is 0.419 e. The van der Waals surface area contributed by atoms with Crippen molar-refractivity contribution < 1.29 is 19.1 Å². The molecule has 0 atom stereocenters. The first kappa shape index (κ1) is 19.4. The minimum Gasteiger partial charge on any atom is -0.465 e. The second kappa shape index (κ2) is 7.72. The lowest BCUT2D eigenvalue weighted by Crippen LogP contribution is -2.26. The molecule has 0 bridgehead atoms. The highest BCUT2D eigenvalue weighted by Crippen LogP contribution is 2.25. The van der Waals surface area contributed by atoms with Gasteiger partial charge in [0, 0.05) is 17.1 Å². The number of hydrogen-bond donors (Lipinski definition) is 0. The Hall–Kier alpha value is -3.34. The van der Waals surface area contributed by atoms with Crippen LogP contribution in [0.2, 0.25) is 0 Å². The first-order chi connectivity index (χ1) is 13.3. The minimum absolute atomic E-state index is 0.392. The van der Waals surface area contributed by atoms with Crippen molar-refractivity contribution in [3.8, 4) is 0 Å². The Kier molecular flexibility index (Phi) is 5.36. The van der Waals surface area contributed by atoms with Gasteiger partial charge in [-0.25, -0.2) is 9.59 Å². The van der Waals surface area contributed by atoms with E-state index in [0.717, 1.165) is 22.0 Å². The molecular formula is C23H23NO4. The smallest absolute Gasteiger partial charge is 0.419 e. The number of ether oxygens (including phenoxy) is 2. The molecule has 3 rings (SSSR count). The molecule has 0 N–H and O–H groups in total. The molecule has 28 heavy (non-hydrogen) atoms. The fraction of sp³-hybridized carbons (Fsp3) is 0.217. The van der Waals surface area contributed by atoms with Gasteiger partial charge in [0.15, 0.2) is 0 Å². The molecule has 3 aromatic rings. The first-order valence-corrected chi connectivity index (χ1v) is 8.99. The molecule has 0 spiro atoms. The van der Waals surface area contributed by atoms with Crippen LogP contribution in [0.25, 0.3) is 23.1 Å². The summed E-state index contributed by atoms with van der Waals surface area (Å²) in [5, 5.41) is 0.917. The Labute approximate surface area is 164 Å². The van der Waals surface area contributed by atoms with Gasteiger partial charge >= 0.3 is 12.1 Å². The number of fused-ring (bicyclic) bond motifs is 1. The van der Waals surface area contributed by atoms with Crippen molar-refractivity contribution in [3.63, 3.8) is 0 Å². The summed E-state index contributed by atoms with van der Waals surface area (Å²) in [5.41, 5.74) is 2.25. The number of carbonyl (C=O) groups excluding carboxylic acids is 2. The van der Waals surface area contributed by atoms with E-state index in [1.807, 2.05) is 69.3 Å². The molecule has 0 aliphatic carbocycles. The van der Waals surface area contributed by atoms with Crippen LogP contribution < -0.4 is 0 Å². The fourth-order valence-electron chi connectivity index (χ4n) is 2.92. The van der Waals surface area contributed by atoms with Gasteiger partial charge in [-0.1, -0.05) is 48.6 Å². The number of nitrogens with zero attached hydrogens (tertiary/aromatic N) is 1. The van der Waals surface area contributed by atoms with Crippen molar-refractivity contribution in [1.29, 1.82) is 0 Å².